The molecule has 2 aromatic heterocycles. The second-order valence-electron chi connectivity index (χ2n) is 6.08. The van der Waals surface area contributed by atoms with E-state index in [1.807, 2.05) is 24.3 Å². The van der Waals surface area contributed by atoms with Crippen molar-refractivity contribution in [3.05, 3.63) is 65.9 Å². The molecule has 4 rings (SSSR count). The van der Waals surface area contributed by atoms with Crippen LogP contribution in [0.1, 0.15) is 16.1 Å². The number of nitrogens with one attached hydrogen (secondary N) is 2. The largest absolute Gasteiger partial charge is 0.350 e. The Morgan fingerprint density at radius 2 is 1.96 bits per heavy atom. The lowest BCUT2D eigenvalue weighted by atomic mass is 10.1. The summed E-state index contributed by atoms with van der Waals surface area (Å²) < 4.78 is 2.22. The molecule has 0 aliphatic heterocycles. The van der Waals surface area contributed by atoms with Gasteiger partial charge >= 0.3 is 0 Å². The molecule has 1 amide bonds. The quantitative estimate of drug-likeness (QED) is 0.581. The van der Waals surface area contributed by atoms with Crippen LogP contribution in [0, 0.1) is 6.92 Å². The molecular formula is C19H18N6O. The summed E-state index contributed by atoms with van der Waals surface area (Å²) in [6.45, 7) is 3.37. The van der Waals surface area contributed by atoms with Gasteiger partial charge in [-0.3, -0.25) is 4.79 Å². The highest BCUT2D eigenvalue weighted by molar-refractivity contribution is 5.94. The van der Waals surface area contributed by atoms with E-state index >= 15 is 0 Å². The average Bonchev–Trinajstić information content (AvgIpc) is 3.30. The van der Waals surface area contributed by atoms with E-state index in [9.17, 15) is 4.79 Å². The third-order valence-corrected chi connectivity index (χ3v) is 4.40. The van der Waals surface area contributed by atoms with Crippen molar-refractivity contribution in [3.8, 4) is 11.4 Å². The van der Waals surface area contributed by atoms with E-state index in [2.05, 4.69) is 55.6 Å². The van der Waals surface area contributed by atoms with Crippen molar-refractivity contribution in [1.82, 2.24) is 30.5 Å². The highest BCUT2D eigenvalue weighted by Gasteiger charge is 2.08. The molecule has 0 saturated heterocycles. The Kier molecular flexibility index (Phi) is 4.18. The van der Waals surface area contributed by atoms with Gasteiger partial charge in [0, 0.05) is 35.4 Å². The van der Waals surface area contributed by atoms with Gasteiger partial charge in [-0.05, 0) is 47.0 Å². The molecule has 0 aliphatic rings. The topological polar surface area (TPSA) is 88.5 Å². The van der Waals surface area contributed by atoms with E-state index in [0.717, 1.165) is 12.1 Å². The van der Waals surface area contributed by atoms with Crippen LogP contribution in [0.5, 0.6) is 0 Å². The number of para-hydroxylation sites is 1. The molecule has 7 nitrogen and oxygen atoms in total. The van der Waals surface area contributed by atoms with Gasteiger partial charge in [-0.1, -0.05) is 30.3 Å². The number of fused-ring (bicyclic) bond motifs is 1. The first-order chi connectivity index (χ1) is 12.7. The van der Waals surface area contributed by atoms with E-state index in [1.54, 1.807) is 12.1 Å². The molecule has 7 heteroatoms. The molecule has 2 heterocycles. The lowest BCUT2D eigenvalue weighted by Crippen LogP contribution is -2.27. The van der Waals surface area contributed by atoms with Crippen molar-refractivity contribution in [3.63, 3.8) is 0 Å². The SMILES string of the molecule is Cc1cc2ccccc2n1CCNC(=O)c1ccc(-c2nnn[nH]2)cc1. The lowest BCUT2D eigenvalue weighted by Gasteiger charge is -2.10. The first-order valence-electron chi connectivity index (χ1n) is 8.39. The van der Waals surface area contributed by atoms with Gasteiger partial charge in [-0.2, -0.15) is 0 Å². The number of hydrogen-bond donors (Lipinski definition) is 2. The molecule has 0 unspecified atom stereocenters. The maximum Gasteiger partial charge on any atom is 0.251 e. The fraction of sp³-hybridized carbons (Fsp3) is 0.158. The average molecular weight is 346 g/mol. The van der Waals surface area contributed by atoms with Crippen LogP contribution in [0.3, 0.4) is 0 Å². The minimum atomic E-state index is -0.0960. The maximum absolute atomic E-state index is 12.4. The molecule has 0 bridgehead atoms. The van der Waals surface area contributed by atoms with E-state index in [0.29, 0.717) is 17.9 Å². The molecule has 0 aliphatic carbocycles. The van der Waals surface area contributed by atoms with E-state index < -0.39 is 0 Å². The third-order valence-electron chi connectivity index (χ3n) is 4.40. The summed E-state index contributed by atoms with van der Waals surface area (Å²) in [5, 5.41) is 17.8. The first kappa shape index (κ1) is 16.0. The second kappa shape index (κ2) is 6.79. The van der Waals surface area contributed by atoms with Crippen LogP contribution in [0.4, 0.5) is 0 Å². The number of rotatable bonds is 5. The van der Waals surface area contributed by atoms with Crippen molar-refractivity contribution in [1.29, 1.82) is 0 Å². The fourth-order valence-electron chi connectivity index (χ4n) is 3.09. The van der Waals surface area contributed by atoms with Gasteiger partial charge in [0.25, 0.3) is 5.91 Å². The number of carbonyl (C=O) groups is 1. The van der Waals surface area contributed by atoms with Crippen molar-refractivity contribution >= 4 is 16.8 Å². The highest BCUT2D eigenvalue weighted by Crippen LogP contribution is 2.18. The monoisotopic (exact) mass is 346 g/mol. The van der Waals surface area contributed by atoms with Crippen molar-refractivity contribution in [2.24, 2.45) is 0 Å². The molecule has 4 aromatic rings. The number of hydrogen-bond acceptors (Lipinski definition) is 4. The molecule has 0 radical (unpaired) electrons. The second-order valence-corrected chi connectivity index (χ2v) is 6.08. The minimum absolute atomic E-state index is 0.0960. The first-order valence-corrected chi connectivity index (χ1v) is 8.39. The van der Waals surface area contributed by atoms with Crippen LogP contribution in [0.25, 0.3) is 22.3 Å². The summed E-state index contributed by atoms with van der Waals surface area (Å²) in [6, 6.07) is 17.6. The number of aryl methyl sites for hydroxylation is 1. The van der Waals surface area contributed by atoms with Crippen LogP contribution < -0.4 is 5.32 Å². The molecule has 2 aromatic carbocycles. The van der Waals surface area contributed by atoms with Gasteiger partial charge in [-0.15, -0.1) is 5.10 Å². The molecule has 130 valence electrons. The molecule has 0 fully saturated rings. The number of tetrazole rings is 1. The number of amides is 1. The number of H-pyrrole nitrogens is 1. The Bertz CT molecular complexity index is 1030. The normalized spacial score (nSPS) is 11.0. The lowest BCUT2D eigenvalue weighted by molar-refractivity contribution is 0.0952. The van der Waals surface area contributed by atoms with Gasteiger partial charge in [0.2, 0.25) is 0 Å². The fourth-order valence-corrected chi connectivity index (χ4v) is 3.09. The van der Waals surface area contributed by atoms with Crippen LogP contribution in [0.2, 0.25) is 0 Å². The maximum atomic E-state index is 12.4. The molecule has 0 spiro atoms. The number of nitrogens with zero attached hydrogens (tertiary/aromatic N) is 4. The predicted octanol–water partition coefficient (Wildman–Crippen LogP) is 2.56. The molecule has 0 saturated carbocycles. The number of aromatic amines is 1. The van der Waals surface area contributed by atoms with Crippen molar-refractivity contribution < 1.29 is 4.79 Å². The predicted molar refractivity (Wildman–Crippen MR) is 98.6 cm³/mol. The van der Waals surface area contributed by atoms with Gasteiger partial charge in [-0.25, -0.2) is 5.10 Å². The van der Waals surface area contributed by atoms with Crippen LogP contribution >= 0.6 is 0 Å². The van der Waals surface area contributed by atoms with E-state index in [4.69, 9.17) is 0 Å². The number of aromatic nitrogens is 5. The highest BCUT2D eigenvalue weighted by atomic mass is 16.1. The Labute approximate surface area is 150 Å². The Balaban J connectivity index is 1.40. The van der Waals surface area contributed by atoms with Crippen LogP contribution in [-0.4, -0.2) is 37.6 Å². The standard InChI is InChI=1S/C19H18N6O/c1-13-12-16-4-2-3-5-17(16)25(13)11-10-20-19(26)15-8-6-14(7-9-15)18-21-23-24-22-18/h2-9,12H,10-11H2,1H3,(H,20,26)(H,21,22,23,24). The molecular weight excluding hydrogens is 328 g/mol. The number of carbonyl (C=O) groups excluding carboxylic acids is 1. The summed E-state index contributed by atoms with van der Waals surface area (Å²) >= 11 is 0. The summed E-state index contributed by atoms with van der Waals surface area (Å²) in [6.07, 6.45) is 0. The van der Waals surface area contributed by atoms with Gasteiger partial charge in [0.05, 0.1) is 0 Å². The Hall–Kier alpha value is -3.48. The molecule has 0 atom stereocenters. The van der Waals surface area contributed by atoms with Gasteiger partial charge in [0.1, 0.15) is 0 Å². The zero-order valence-electron chi connectivity index (χ0n) is 14.3. The van der Waals surface area contributed by atoms with Crippen LogP contribution in [-0.2, 0) is 6.54 Å². The third kappa shape index (κ3) is 3.06. The van der Waals surface area contributed by atoms with Gasteiger partial charge < -0.3 is 9.88 Å². The van der Waals surface area contributed by atoms with E-state index in [-0.39, 0.29) is 5.91 Å². The zero-order valence-corrected chi connectivity index (χ0v) is 14.3. The van der Waals surface area contributed by atoms with Crippen molar-refractivity contribution in [2.75, 3.05) is 6.54 Å². The van der Waals surface area contributed by atoms with Gasteiger partial charge in [0.15, 0.2) is 5.82 Å². The Morgan fingerprint density at radius 1 is 1.15 bits per heavy atom. The smallest absolute Gasteiger partial charge is 0.251 e. The van der Waals surface area contributed by atoms with Crippen molar-refractivity contribution in [2.45, 2.75) is 13.5 Å². The molecule has 26 heavy (non-hydrogen) atoms. The van der Waals surface area contributed by atoms with Crippen LogP contribution in [0.15, 0.2) is 54.6 Å². The Morgan fingerprint density at radius 3 is 2.73 bits per heavy atom. The minimum Gasteiger partial charge on any atom is -0.350 e. The summed E-state index contributed by atoms with van der Waals surface area (Å²) in [5.41, 5.74) is 3.81. The molecule has 2 N–H and O–H groups in total. The number of benzene rings is 2. The zero-order chi connectivity index (χ0) is 17.9. The summed E-state index contributed by atoms with van der Waals surface area (Å²) in [5.74, 6) is 0.480. The summed E-state index contributed by atoms with van der Waals surface area (Å²) in [4.78, 5) is 12.4. The summed E-state index contributed by atoms with van der Waals surface area (Å²) in [7, 11) is 0. The van der Waals surface area contributed by atoms with E-state index in [1.165, 1.54) is 16.6 Å².